The molecule has 0 aliphatic carbocycles. The van der Waals surface area contributed by atoms with Crippen LogP contribution in [0, 0.1) is 0 Å². The molecule has 0 aliphatic heterocycles. The highest BCUT2D eigenvalue weighted by Gasteiger charge is 2.16. The summed E-state index contributed by atoms with van der Waals surface area (Å²) in [6.45, 7) is 4.76. The summed E-state index contributed by atoms with van der Waals surface area (Å²) >= 11 is 0. The van der Waals surface area contributed by atoms with E-state index < -0.39 is 11.9 Å². The Hall–Kier alpha value is -3.02. The Kier molecular flexibility index (Phi) is 7.87. The smallest absolute Gasteiger partial charge is 0.340 e. The van der Waals surface area contributed by atoms with Crippen molar-refractivity contribution < 1.29 is 19.1 Å². The Labute approximate surface area is 165 Å². The van der Waals surface area contributed by atoms with Crippen LogP contribution in [-0.4, -0.2) is 25.2 Å². The number of benzene rings is 2. The summed E-state index contributed by atoms with van der Waals surface area (Å²) < 4.78 is 10.5. The minimum Gasteiger partial charge on any atom is -0.462 e. The monoisotopic (exact) mass is 384 g/mol. The van der Waals surface area contributed by atoms with Crippen LogP contribution in [-0.2, 0) is 9.47 Å². The van der Waals surface area contributed by atoms with Crippen molar-refractivity contribution in [1.82, 2.24) is 0 Å². The van der Waals surface area contributed by atoms with Crippen molar-refractivity contribution in [2.45, 2.75) is 39.5 Å². The van der Waals surface area contributed by atoms with Gasteiger partial charge in [0.2, 0.25) is 0 Å². The van der Waals surface area contributed by atoms with Gasteiger partial charge in [0, 0.05) is 11.4 Å². The Morgan fingerprint density at radius 1 is 0.750 bits per heavy atom. The molecule has 0 atom stereocenters. The molecule has 0 saturated carbocycles. The van der Waals surface area contributed by atoms with E-state index in [9.17, 15) is 9.59 Å². The standard InChI is InChI=1S/C22H28N2O4/c1-3-5-11-27-21(25)17-13-15(7-9-19(17)23)16-8-10-20(24)18(14-16)22(26)28-12-6-4-2/h7-10,13-14H,3-6,11-12,23-24H2,1-2H3. The number of unbranched alkanes of at least 4 members (excludes halogenated alkanes) is 2. The molecular formula is C22H28N2O4. The molecule has 28 heavy (non-hydrogen) atoms. The average molecular weight is 384 g/mol. The van der Waals surface area contributed by atoms with Gasteiger partial charge in [-0.25, -0.2) is 9.59 Å². The summed E-state index contributed by atoms with van der Waals surface area (Å²) in [7, 11) is 0. The summed E-state index contributed by atoms with van der Waals surface area (Å²) in [5, 5.41) is 0. The molecule has 0 saturated heterocycles. The molecule has 2 aromatic carbocycles. The minimum absolute atomic E-state index is 0.303. The van der Waals surface area contributed by atoms with Crippen LogP contribution in [0.25, 0.3) is 11.1 Å². The fraction of sp³-hybridized carbons (Fsp3) is 0.364. The maximum absolute atomic E-state index is 12.3. The molecule has 4 N–H and O–H groups in total. The van der Waals surface area contributed by atoms with E-state index in [1.54, 1.807) is 36.4 Å². The number of carbonyl (C=O) groups is 2. The van der Waals surface area contributed by atoms with Crippen molar-refractivity contribution in [3.63, 3.8) is 0 Å². The van der Waals surface area contributed by atoms with Gasteiger partial charge in [0.05, 0.1) is 24.3 Å². The lowest BCUT2D eigenvalue weighted by Gasteiger charge is -2.11. The molecule has 6 nitrogen and oxygen atoms in total. The van der Waals surface area contributed by atoms with Gasteiger partial charge in [-0.05, 0) is 48.2 Å². The number of hydrogen-bond acceptors (Lipinski definition) is 6. The third-order valence-corrected chi connectivity index (χ3v) is 4.34. The number of carbonyl (C=O) groups excluding carboxylic acids is 2. The van der Waals surface area contributed by atoms with Crippen LogP contribution in [0.4, 0.5) is 11.4 Å². The Balaban J connectivity index is 2.27. The lowest BCUT2D eigenvalue weighted by Crippen LogP contribution is -2.10. The van der Waals surface area contributed by atoms with Crippen molar-refractivity contribution in [3.05, 3.63) is 47.5 Å². The number of nitrogens with two attached hydrogens (primary N) is 2. The molecule has 0 aromatic heterocycles. The Morgan fingerprint density at radius 3 is 1.50 bits per heavy atom. The van der Waals surface area contributed by atoms with E-state index in [1.807, 2.05) is 13.8 Å². The first-order valence-electron chi connectivity index (χ1n) is 9.61. The third kappa shape index (κ3) is 5.49. The van der Waals surface area contributed by atoms with E-state index in [0.29, 0.717) is 35.7 Å². The molecule has 150 valence electrons. The number of anilines is 2. The summed E-state index contributed by atoms with van der Waals surface area (Å²) in [5.41, 5.74) is 14.7. The second kappa shape index (κ2) is 10.3. The zero-order valence-electron chi connectivity index (χ0n) is 16.5. The van der Waals surface area contributed by atoms with E-state index in [0.717, 1.165) is 36.8 Å². The predicted octanol–water partition coefficient (Wildman–Crippen LogP) is 4.43. The average Bonchev–Trinajstić information content (AvgIpc) is 2.69. The maximum atomic E-state index is 12.3. The lowest BCUT2D eigenvalue weighted by atomic mass is 9.99. The molecule has 2 aromatic rings. The van der Waals surface area contributed by atoms with Crippen LogP contribution in [0.3, 0.4) is 0 Å². The molecule has 0 heterocycles. The molecule has 0 bridgehead atoms. The maximum Gasteiger partial charge on any atom is 0.340 e. The molecule has 0 amide bonds. The van der Waals surface area contributed by atoms with E-state index in [-0.39, 0.29) is 0 Å². The second-order valence-electron chi connectivity index (χ2n) is 6.58. The molecule has 0 unspecified atom stereocenters. The van der Waals surface area contributed by atoms with Gasteiger partial charge in [0.25, 0.3) is 0 Å². The van der Waals surface area contributed by atoms with Gasteiger partial charge >= 0.3 is 11.9 Å². The number of esters is 2. The molecule has 0 fully saturated rings. The van der Waals surface area contributed by atoms with Crippen LogP contribution in [0.5, 0.6) is 0 Å². The summed E-state index contributed by atoms with van der Waals surface area (Å²) in [5.74, 6) is -0.912. The lowest BCUT2D eigenvalue weighted by molar-refractivity contribution is 0.0491. The topological polar surface area (TPSA) is 105 Å². The Bertz CT molecular complexity index is 764. The quantitative estimate of drug-likeness (QED) is 0.376. The molecule has 2 rings (SSSR count). The Morgan fingerprint density at radius 2 is 1.14 bits per heavy atom. The first-order chi connectivity index (χ1) is 13.5. The van der Waals surface area contributed by atoms with Crippen LogP contribution in [0.15, 0.2) is 36.4 Å². The fourth-order valence-electron chi connectivity index (χ4n) is 2.60. The van der Waals surface area contributed by atoms with Crippen molar-refractivity contribution >= 4 is 23.3 Å². The normalized spacial score (nSPS) is 10.5. The number of ether oxygens (including phenoxy) is 2. The first-order valence-corrected chi connectivity index (χ1v) is 9.61. The SMILES string of the molecule is CCCCOC(=O)c1cc(-c2ccc(N)c(C(=O)OCCCC)c2)ccc1N. The van der Waals surface area contributed by atoms with Crippen molar-refractivity contribution in [1.29, 1.82) is 0 Å². The highest BCUT2D eigenvalue weighted by molar-refractivity contribution is 5.98. The summed E-state index contributed by atoms with van der Waals surface area (Å²) in [6, 6.07) is 10.2. The number of hydrogen-bond donors (Lipinski definition) is 2. The minimum atomic E-state index is -0.456. The molecule has 0 aliphatic rings. The van der Waals surface area contributed by atoms with E-state index in [2.05, 4.69) is 0 Å². The summed E-state index contributed by atoms with van der Waals surface area (Å²) in [6.07, 6.45) is 3.47. The van der Waals surface area contributed by atoms with Crippen LogP contribution in [0.2, 0.25) is 0 Å². The molecule has 0 spiro atoms. The zero-order valence-corrected chi connectivity index (χ0v) is 16.5. The third-order valence-electron chi connectivity index (χ3n) is 4.34. The highest BCUT2D eigenvalue weighted by Crippen LogP contribution is 2.27. The van der Waals surface area contributed by atoms with E-state index in [4.69, 9.17) is 20.9 Å². The van der Waals surface area contributed by atoms with E-state index in [1.165, 1.54) is 0 Å². The van der Waals surface area contributed by atoms with Crippen LogP contribution in [0.1, 0.15) is 60.2 Å². The van der Waals surface area contributed by atoms with Gasteiger partial charge < -0.3 is 20.9 Å². The number of rotatable bonds is 9. The van der Waals surface area contributed by atoms with Gasteiger partial charge in [0.1, 0.15) is 0 Å². The van der Waals surface area contributed by atoms with Crippen LogP contribution >= 0.6 is 0 Å². The van der Waals surface area contributed by atoms with Gasteiger partial charge in [-0.2, -0.15) is 0 Å². The largest absolute Gasteiger partial charge is 0.462 e. The predicted molar refractivity (Wildman–Crippen MR) is 111 cm³/mol. The van der Waals surface area contributed by atoms with Crippen LogP contribution < -0.4 is 11.5 Å². The van der Waals surface area contributed by atoms with Crippen molar-refractivity contribution in [2.24, 2.45) is 0 Å². The van der Waals surface area contributed by atoms with Gasteiger partial charge in [-0.1, -0.05) is 38.8 Å². The van der Waals surface area contributed by atoms with Crippen molar-refractivity contribution in [2.75, 3.05) is 24.7 Å². The highest BCUT2D eigenvalue weighted by atomic mass is 16.5. The molecule has 6 heteroatoms. The molecular weight excluding hydrogens is 356 g/mol. The fourth-order valence-corrected chi connectivity index (χ4v) is 2.60. The number of nitrogen functional groups attached to an aromatic ring is 2. The van der Waals surface area contributed by atoms with Gasteiger partial charge in [0.15, 0.2) is 0 Å². The molecule has 0 radical (unpaired) electrons. The summed E-state index contributed by atoms with van der Waals surface area (Å²) in [4.78, 5) is 24.6. The van der Waals surface area contributed by atoms with E-state index >= 15 is 0 Å². The van der Waals surface area contributed by atoms with Gasteiger partial charge in [-0.15, -0.1) is 0 Å². The second-order valence-corrected chi connectivity index (χ2v) is 6.58. The van der Waals surface area contributed by atoms with Crippen molar-refractivity contribution in [3.8, 4) is 11.1 Å². The van der Waals surface area contributed by atoms with Gasteiger partial charge in [-0.3, -0.25) is 0 Å². The first kappa shape index (κ1) is 21.3. The zero-order chi connectivity index (χ0) is 20.5.